The van der Waals surface area contributed by atoms with E-state index in [0.717, 1.165) is 9.13 Å². The van der Waals surface area contributed by atoms with Crippen molar-refractivity contribution in [2.75, 3.05) is 26.1 Å². The molecule has 0 saturated carbocycles. The molecule has 6 nitrogen and oxygen atoms in total. The van der Waals surface area contributed by atoms with Crippen molar-refractivity contribution in [1.29, 1.82) is 0 Å². The van der Waals surface area contributed by atoms with E-state index >= 15 is 0 Å². The Labute approximate surface area is 166 Å². The SMILES string of the molecule is COc1cc(CCC(=O)OCC(=O)Nc2ccccc2I)cc(OC)c1. The van der Waals surface area contributed by atoms with E-state index < -0.39 is 5.97 Å². The third kappa shape index (κ3) is 6.21. The Bertz CT molecular complexity index is 756. The maximum atomic E-state index is 11.9. The van der Waals surface area contributed by atoms with Gasteiger partial charge in [-0.1, -0.05) is 12.1 Å². The molecule has 1 N–H and O–H groups in total. The highest BCUT2D eigenvalue weighted by Crippen LogP contribution is 2.23. The smallest absolute Gasteiger partial charge is 0.306 e. The second-order valence-corrected chi connectivity index (χ2v) is 6.57. The monoisotopic (exact) mass is 469 g/mol. The Kier molecular flexibility index (Phi) is 7.71. The fraction of sp³-hybridized carbons (Fsp3) is 0.263. The maximum Gasteiger partial charge on any atom is 0.306 e. The summed E-state index contributed by atoms with van der Waals surface area (Å²) in [5.41, 5.74) is 1.58. The predicted molar refractivity (Wildman–Crippen MR) is 107 cm³/mol. The lowest BCUT2D eigenvalue weighted by molar-refractivity contribution is -0.147. The van der Waals surface area contributed by atoms with Crippen LogP contribution in [0.4, 0.5) is 5.69 Å². The van der Waals surface area contributed by atoms with Crippen molar-refractivity contribution < 1.29 is 23.8 Å². The number of para-hydroxylation sites is 1. The van der Waals surface area contributed by atoms with Crippen molar-refractivity contribution in [2.45, 2.75) is 12.8 Å². The third-order valence-corrected chi connectivity index (χ3v) is 4.48. The molecule has 7 heteroatoms. The number of carbonyl (C=O) groups is 2. The summed E-state index contributed by atoms with van der Waals surface area (Å²) in [4.78, 5) is 23.8. The molecular formula is C19H20INO5. The normalized spacial score (nSPS) is 10.1. The Hall–Kier alpha value is -2.29. The minimum absolute atomic E-state index is 0.159. The van der Waals surface area contributed by atoms with Gasteiger partial charge in [-0.3, -0.25) is 9.59 Å². The highest BCUT2D eigenvalue weighted by molar-refractivity contribution is 14.1. The van der Waals surface area contributed by atoms with Crippen LogP contribution in [0.2, 0.25) is 0 Å². The molecule has 0 fully saturated rings. The molecule has 0 aromatic heterocycles. The average Bonchev–Trinajstić information content (AvgIpc) is 2.66. The molecule has 0 radical (unpaired) electrons. The second kappa shape index (κ2) is 10.0. The topological polar surface area (TPSA) is 73.9 Å². The molecule has 0 atom stereocenters. The van der Waals surface area contributed by atoms with Crippen LogP contribution in [0.25, 0.3) is 0 Å². The largest absolute Gasteiger partial charge is 0.497 e. The molecular weight excluding hydrogens is 449 g/mol. The first kappa shape index (κ1) is 20.0. The van der Waals surface area contributed by atoms with E-state index in [1.165, 1.54) is 0 Å². The highest BCUT2D eigenvalue weighted by Gasteiger charge is 2.10. The first-order valence-electron chi connectivity index (χ1n) is 7.93. The van der Waals surface area contributed by atoms with Gasteiger partial charge in [0, 0.05) is 16.1 Å². The quantitative estimate of drug-likeness (QED) is 0.474. The lowest BCUT2D eigenvalue weighted by Crippen LogP contribution is -2.21. The van der Waals surface area contributed by atoms with Crippen LogP contribution in [0.15, 0.2) is 42.5 Å². The fourth-order valence-corrected chi connectivity index (χ4v) is 2.75. The van der Waals surface area contributed by atoms with Gasteiger partial charge in [0.05, 0.1) is 19.9 Å². The molecule has 0 aliphatic carbocycles. The number of esters is 1. The number of hydrogen-bond donors (Lipinski definition) is 1. The predicted octanol–water partition coefficient (Wildman–Crippen LogP) is 3.42. The van der Waals surface area contributed by atoms with Crippen molar-refractivity contribution in [3.05, 3.63) is 51.6 Å². The number of amides is 1. The molecule has 0 saturated heterocycles. The van der Waals surface area contributed by atoms with Gasteiger partial charge in [-0.2, -0.15) is 0 Å². The molecule has 0 bridgehead atoms. The van der Waals surface area contributed by atoms with E-state index in [9.17, 15) is 9.59 Å². The summed E-state index contributed by atoms with van der Waals surface area (Å²) in [6, 6.07) is 12.8. The number of aryl methyl sites for hydroxylation is 1. The zero-order valence-corrected chi connectivity index (χ0v) is 16.7. The van der Waals surface area contributed by atoms with Crippen molar-refractivity contribution in [2.24, 2.45) is 0 Å². The average molecular weight is 469 g/mol. The highest BCUT2D eigenvalue weighted by atomic mass is 127. The Morgan fingerprint density at radius 3 is 2.31 bits per heavy atom. The maximum absolute atomic E-state index is 11.9. The van der Waals surface area contributed by atoms with Gasteiger partial charge < -0.3 is 19.5 Å². The van der Waals surface area contributed by atoms with Crippen LogP contribution in [0.3, 0.4) is 0 Å². The van der Waals surface area contributed by atoms with Gasteiger partial charge in [-0.15, -0.1) is 0 Å². The van der Waals surface area contributed by atoms with Crippen LogP contribution in [-0.4, -0.2) is 32.7 Å². The van der Waals surface area contributed by atoms with Gasteiger partial charge in [-0.05, 0) is 58.8 Å². The van der Waals surface area contributed by atoms with Gasteiger partial charge in [-0.25, -0.2) is 0 Å². The van der Waals surface area contributed by atoms with Crippen molar-refractivity contribution in [3.63, 3.8) is 0 Å². The second-order valence-electron chi connectivity index (χ2n) is 5.41. The summed E-state index contributed by atoms with van der Waals surface area (Å²) in [5.74, 6) is 0.504. The molecule has 2 aromatic carbocycles. The van der Waals surface area contributed by atoms with Crippen LogP contribution in [-0.2, 0) is 20.7 Å². The van der Waals surface area contributed by atoms with E-state index in [4.69, 9.17) is 14.2 Å². The van der Waals surface area contributed by atoms with Crippen LogP contribution < -0.4 is 14.8 Å². The Morgan fingerprint density at radius 2 is 1.69 bits per heavy atom. The van der Waals surface area contributed by atoms with Gasteiger partial charge in [0.15, 0.2) is 6.61 Å². The van der Waals surface area contributed by atoms with Crippen LogP contribution in [0.5, 0.6) is 11.5 Å². The van der Waals surface area contributed by atoms with Gasteiger partial charge in [0.25, 0.3) is 5.91 Å². The zero-order chi connectivity index (χ0) is 18.9. The molecule has 2 rings (SSSR count). The molecule has 0 unspecified atom stereocenters. The van der Waals surface area contributed by atoms with E-state index in [-0.39, 0.29) is 18.9 Å². The summed E-state index contributed by atoms with van der Waals surface area (Å²) in [7, 11) is 3.14. The number of hydrogen-bond acceptors (Lipinski definition) is 5. The number of carbonyl (C=O) groups excluding carboxylic acids is 2. The lowest BCUT2D eigenvalue weighted by Gasteiger charge is -2.09. The van der Waals surface area contributed by atoms with Gasteiger partial charge >= 0.3 is 5.97 Å². The molecule has 0 aliphatic rings. The van der Waals surface area contributed by atoms with Crippen LogP contribution in [0, 0.1) is 3.57 Å². The molecule has 1 amide bonds. The van der Waals surface area contributed by atoms with Crippen molar-refractivity contribution in [1.82, 2.24) is 0 Å². The number of benzene rings is 2. The fourth-order valence-electron chi connectivity index (χ4n) is 2.22. The first-order chi connectivity index (χ1) is 12.5. The molecule has 26 heavy (non-hydrogen) atoms. The summed E-state index contributed by atoms with van der Waals surface area (Å²) < 4.78 is 16.3. The minimum atomic E-state index is -0.440. The summed E-state index contributed by atoms with van der Waals surface area (Å²) >= 11 is 2.12. The summed E-state index contributed by atoms with van der Waals surface area (Å²) in [6.45, 7) is -0.314. The molecule has 138 valence electrons. The molecule has 0 spiro atoms. The number of nitrogens with one attached hydrogen (secondary N) is 1. The van der Waals surface area contributed by atoms with E-state index in [1.54, 1.807) is 26.4 Å². The zero-order valence-electron chi connectivity index (χ0n) is 14.6. The first-order valence-corrected chi connectivity index (χ1v) is 9.01. The standard InChI is InChI=1S/C19H20INO5/c1-24-14-9-13(10-15(11-14)25-2)7-8-19(23)26-12-18(22)21-17-6-4-3-5-16(17)20/h3-6,9-11H,7-8,12H2,1-2H3,(H,21,22). The minimum Gasteiger partial charge on any atom is -0.497 e. The van der Waals surface area contributed by atoms with Crippen LogP contribution >= 0.6 is 22.6 Å². The Balaban J connectivity index is 1.80. The lowest BCUT2D eigenvalue weighted by atomic mass is 10.1. The molecule has 2 aromatic rings. The number of halogens is 1. The van der Waals surface area contributed by atoms with E-state index in [1.807, 2.05) is 30.3 Å². The number of rotatable bonds is 8. The van der Waals surface area contributed by atoms with Gasteiger partial charge in [0.1, 0.15) is 11.5 Å². The van der Waals surface area contributed by atoms with Gasteiger partial charge in [0.2, 0.25) is 0 Å². The molecule has 0 heterocycles. The van der Waals surface area contributed by atoms with E-state index in [2.05, 4.69) is 27.9 Å². The van der Waals surface area contributed by atoms with Crippen molar-refractivity contribution in [3.8, 4) is 11.5 Å². The number of anilines is 1. The van der Waals surface area contributed by atoms with E-state index in [0.29, 0.717) is 23.6 Å². The summed E-state index contributed by atoms with van der Waals surface area (Å²) in [6.07, 6.45) is 0.622. The Morgan fingerprint density at radius 1 is 1.04 bits per heavy atom. The summed E-state index contributed by atoms with van der Waals surface area (Å²) in [5, 5.41) is 2.71. The molecule has 0 aliphatic heterocycles. The van der Waals surface area contributed by atoms with Crippen molar-refractivity contribution >= 4 is 40.2 Å². The number of ether oxygens (including phenoxy) is 3. The van der Waals surface area contributed by atoms with Crippen LogP contribution in [0.1, 0.15) is 12.0 Å². The third-order valence-electron chi connectivity index (χ3n) is 3.54. The number of methoxy groups -OCH3 is 2.